The quantitative estimate of drug-likeness (QED) is 0.569. The second kappa shape index (κ2) is 11.9. The lowest BCUT2D eigenvalue weighted by molar-refractivity contribution is -0.116. The van der Waals surface area contributed by atoms with Crippen LogP contribution in [0.4, 0.5) is 10.1 Å². The Morgan fingerprint density at radius 2 is 1.78 bits per heavy atom. The normalized spacial score (nSPS) is 9.85. The Labute approximate surface area is 163 Å². The van der Waals surface area contributed by atoms with Gasteiger partial charge in [-0.2, -0.15) is 0 Å². The van der Waals surface area contributed by atoms with Crippen molar-refractivity contribution in [3.05, 3.63) is 59.9 Å². The van der Waals surface area contributed by atoms with Crippen molar-refractivity contribution >= 4 is 29.9 Å². The fourth-order valence-electron chi connectivity index (χ4n) is 2.24. The summed E-state index contributed by atoms with van der Waals surface area (Å²) in [4.78, 5) is 24.2. The van der Waals surface area contributed by atoms with E-state index in [1.165, 1.54) is 24.3 Å². The third-order valence-corrected chi connectivity index (χ3v) is 3.51. The Bertz CT molecular complexity index is 741. The molecule has 6 nitrogen and oxygen atoms in total. The monoisotopic (exact) mass is 395 g/mol. The van der Waals surface area contributed by atoms with E-state index in [1.807, 2.05) is 0 Å². The van der Waals surface area contributed by atoms with Crippen LogP contribution in [0.3, 0.4) is 0 Å². The van der Waals surface area contributed by atoms with Crippen molar-refractivity contribution in [2.75, 3.05) is 25.0 Å². The summed E-state index contributed by atoms with van der Waals surface area (Å²) in [7, 11) is 0. The minimum absolute atomic E-state index is 0. The number of hydrogen-bond acceptors (Lipinski definition) is 4. The summed E-state index contributed by atoms with van der Waals surface area (Å²) in [6.07, 6.45) is 0.727. The molecule has 0 saturated heterocycles. The standard InChI is InChI=1S/C19H22FN3O3.ClH/c20-14-7-9-15(10-8-14)26-13-3-6-18(24)23-17-5-2-1-4-16(17)19(25)22-12-11-21;/h1-2,4-5,7-10H,3,6,11-13,21H2,(H,22,25)(H,23,24);1H. The molecule has 0 spiro atoms. The predicted octanol–water partition coefficient (Wildman–Crippen LogP) is 2.73. The Morgan fingerprint density at radius 1 is 1.07 bits per heavy atom. The number of benzene rings is 2. The van der Waals surface area contributed by atoms with E-state index < -0.39 is 0 Å². The van der Waals surface area contributed by atoms with Gasteiger partial charge in [0.2, 0.25) is 5.91 Å². The minimum Gasteiger partial charge on any atom is -0.494 e. The van der Waals surface area contributed by atoms with E-state index in [-0.39, 0.29) is 36.5 Å². The highest BCUT2D eigenvalue weighted by atomic mass is 35.5. The van der Waals surface area contributed by atoms with Gasteiger partial charge in [-0.15, -0.1) is 12.4 Å². The smallest absolute Gasteiger partial charge is 0.253 e. The van der Waals surface area contributed by atoms with Gasteiger partial charge in [0.1, 0.15) is 11.6 Å². The van der Waals surface area contributed by atoms with Gasteiger partial charge in [-0.25, -0.2) is 4.39 Å². The van der Waals surface area contributed by atoms with E-state index in [4.69, 9.17) is 10.5 Å². The maximum absolute atomic E-state index is 12.8. The zero-order valence-electron chi connectivity index (χ0n) is 14.7. The summed E-state index contributed by atoms with van der Waals surface area (Å²) in [6.45, 7) is 1.04. The number of carbonyl (C=O) groups excluding carboxylic acids is 2. The molecule has 146 valence electrons. The lowest BCUT2D eigenvalue weighted by Crippen LogP contribution is -2.30. The van der Waals surface area contributed by atoms with Crippen LogP contribution in [-0.4, -0.2) is 31.5 Å². The second-order valence-electron chi connectivity index (χ2n) is 5.54. The highest BCUT2D eigenvalue weighted by Crippen LogP contribution is 2.16. The minimum atomic E-state index is -0.328. The van der Waals surface area contributed by atoms with Crippen molar-refractivity contribution < 1.29 is 18.7 Å². The number of nitrogens with one attached hydrogen (secondary N) is 2. The number of para-hydroxylation sites is 1. The molecule has 0 atom stereocenters. The molecule has 2 aromatic carbocycles. The zero-order valence-corrected chi connectivity index (χ0v) is 15.6. The average molecular weight is 396 g/mol. The molecule has 0 radical (unpaired) electrons. The fourth-order valence-corrected chi connectivity index (χ4v) is 2.24. The number of carbonyl (C=O) groups is 2. The van der Waals surface area contributed by atoms with Crippen LogP contribution >= 0.6 is 12.4 Å². The summed E-state index contributed by atoms with van der Waals surface area (Å²) in [5, 5.41) is 5.41. The molecule has 2 amide bonds. The summed E-state index contributed by atoms with van der Waals surface area (Å²) < 4.78 is 18.2. The number of nitrogens with two attached hydrogens (primary N) is 1. The lowest BCUT2D eigenvalue weighted by atomic mass is 10.1. The molecular formula is C19H23ClFN3O3. The predicted molar refractivity (Wildman–Crippen MR) is 105 cm³/mol. The van der Waals surface area contributed by atoms with Crippen molar-refractivity contribution in [1.29, 1.82) is 0 Å². The molecule has 0 aliphatic rings. The maximum atomic E-state index is 12.8. The molecule has 0 aliphatic carbocycles. The first-order valence-electron chi connectivity index (χ1n) is 8.35. The first kappa shape index (κ1) is 22.4. The van der Waals surface area contributed by atoms with Gasteiger partial charge in [-0.05, 0) is 42.8 Å². The van der Waals surface area contributed by atoms with E-state index >= 15 is 0 Å². The van der Waals surface area contributed by atoms with Gasteiger partial charge in [-0.3, -0.25) is 9.59 Å². The van der Waals surface area contributed by atoms with Crippen molar-refractivity contribution in [1.82, 2.24) is 5.32 Å². The number of ether oxygens (including phenoxy) is 1. The van der Waals surface area contributed by atoms with Crippen molar-refractivity contribution in [3.8, 4) is 5.75 Å². The van der Waals surface area contributed by atoms with Crippen LogP contribution in [0.1, 0.15) is 23.2 Å². The topological polar surface area (TPSA) is 93.5 Å². The Hall–Kier alpha value is -2.64. The summed E-state index contributed by atoms with van der Waals surface area (Å²) >= 11 is 0. The number of rotatable bonds is 9. The molecule has 0 saturated carbocycles. The number of anilines is 1. The number of hydrogen-bond donors (Lipinski definition) is 3. The molecule has 0 aromatic heterocycles. The molecule has 0 heterocycles. The molecule has 0 unspecified atom stereocenters. The van der Waals surface area contributed by atoms with Gasteiger partial charge >= 0.3 is 0 Å². The van der Waals surface area contributed by atoms with E-state index in [1.54, 1.807) is 24.3 Å². The molecule has 27 heavy (non-hydrogen) atoms. The van der Waals surface area contributed by atoms with Crippen LogP contribution < -0.4 is 21.1 Å². The number of amides is 2. The molecule has 0 aliphatic heterocycles. The fraction of sp³-hybridized carbons (Fsp3) is 0.263. The van der Waals surface area contributed by atoms with Gasteiger partial charge in [0.25, 0.3) is 5.91 Å². The lowest BCUT2D eigenvalue weighted by Gasteiger charge is -2.11. The Morgan fingerprint density at radius 3 is 2.48 bits per heavy atom. The number of halogens is 2. The van der Waals surface area contributed by atoms with E-state index in [0.29, 0.717) is 43.1 Å². The second-order valence-corrected chi connectivity index (χ2v) is 5.54. The van der Waals surface area contributed by atoms with Crippen LogP contribution in [0.5, 0.6) is 5.75 Å². The van der Waals surface area contributed by atoms with Crippen LogP contribution in [-0.2, 0) is 4.79 Å². The first-order chi connectivity index (χ1) is 12.6. The molecule has 2 rings (SSSR count). The van der Waals surface area contributed by atoms with Gasteiger partial charge in [0, 0.05) is 19.5 Å². The molecule has 2 aromatic rings. The summed E-state index contributed by atoms with van der Waals surface area (Å²) in [6, 6.07) is 12.5. The van der Waals surface area contributed by atoms with Crippen LogP contribution in [0.25, 0.3) is 0 Å². The SMILES string of the molecule is Cl.NCCNC(=O)c1ccccc1NC(=O)CCCOc1ccc(F)cc1. The third-order valence-electron chi connectivity index (χ3n) is 3.51. The Balaban J connectivity index is 0.00000364. The highest BCUT2D eigenvalue weighted by Gasteiger charge is 2.12. The van der Waals surface area contributed by atoms with Crippen LogP contribution in [0.15, 0.2) is 48.5 Å². The first-order valence-corrected chi connectivity index (χ1v) is 8.35. The molecule has 0 fully saturated rings. The van der Waals surface area contributed by atoms with Crippen LogP contribution in [0.2, 0.25) is 0 Å². The van der Waals surface area contributed by atoms with Gasteiger partial charge in [0.05, 0.1) is 17.9 Å². The van der Waals surface area contributed by atoms with Gasteiger partial charge in [-0.1, -0.05) is 12.1 Å². The van der Waals surface area contributed by atoms with Gasteiger partial charge in [0.15, 0.2) is 0 Å². The Kier molecular flexibility index (Phi) is 9.85. The largest absolute Gasteiger partial charge is 0.494 e. The van der Waals surface area contributed by atoms with Crippen molar-refractivity contribution in [3.63, 3.8) is 0 Å². The van der Waals surface area contributed by atoms with Crippen LogP contribution in [0, 0.1) is 5.82 Å². The van der Waals surface area contributed by atoms with E-state index in [9.17, 15) is 14.0 Å². The van der Waals surface area contributed by atoms with E-state index in [2.05, 4.69) is 10.6 Å². The molecule has 8 heteroatoms. The molecule has 4 N–H and O–H groups in total. The highest BCUT2D eigenvalue weighted by molar-refractivity contribution is 6.03. The summed E-state index contributed by atoms with van der Waals surface area (Å²) in [5.74, 6) is -0.280. The van der Waals surface area contributed by atoms with Crippen molar-refractivity contribution in [2.24, 2.45) is 5.73 Å². The third kappa shape index (κ3) is 7.64. The van der Waals surface area contributed by atoms with Gasteiger partial charge < -0.3 is 21.1 Å². The van der Waals surface area contributed by atoms with Crippen molar-refractivity contribution in [2.45, 2.75) is 12.8 Å². The average Bonchev–Trinajstić information content (AvgIpc) is 2.65. The molecular weight excluding hydrogens is 373 g/mol. The molecule has 0 bridgehead atoms. The zero-order chi connectivity index (χ0) is 18.8. The maximum Gasteiger partial charge on any atom is 0.253 e. The summed E-state index contributed by atoms with van der Waals surface area (Å²) in [5.41, 5.74) is 6.21. The van der Waals surface area contributed by atoms with E-state index in [0.717, 1.165) is 0 Å².